The van der Waals surface area contributed by atoms with Crippen LogP contribution < -0.4 is 0 Å². The lowest BCUT2D eigenvalue weighted by atomic mass is 9.90. The van der Waals surface area contributed by atoms with Crippen LogP contribution in [0.15, 0.2) is 0 Å². The smallest absolute Gasteiger partial charge is 0.322 e. The van der Waals surface area contributed by atoms with Crippen molar-refractivity contribution in [1.29, 1.82) is 0 Å². The average molecular weight is 263 g/mol. The molecule has 1 fully saturated rings. The summed E-state index contributed by atoms with van der Waals surface area (Å²) >= 11 is 0. The van der Waals surface area contributed by atoms with Crippen LogP contribution in [0, 0.1) is 5.92 Å². The van der Waals surface area contributed by atoms with Gasteiger partial charge in [-0.15, -0.1) is 0 Å². The number of carbonyl (C=O) groups is 1. The van der Waals surface area contributed by atoms with Crippen LogP contribution in [0.2, 0.25) is 0 Å². The van der Waals surface area contributed by atoms with Crippen LogP contribution in [-0.2, 0) is 14.8 Å². The van der Waals surface area contributed by atoms with Gasteiger partial charge in [-0.1, -0.05) is 20.3 Å². The Hall–Kier alpha value is -0.620. The van der Waals surface area contributed by atoms with Crippen molar-refractivity contribution in [2.75, 3.05) is 12.3 Å². The number of hydrogen-bond donors (Lipinski definition) is 1. The molecule has 1 saturated heterocycles. The predicted molar refractivity (Wildman–Crippen MR) is 65.2 cm³/mol. The minimum Gasteiger partial charge on any atom is -0.480 e. The van der Waals surface area contributed by atoms with Crippen LogP contribution in [0.1, 0.15) is 39.5 Å². The van der Waals surface area contributed by atoms with E-state index >= 15 is 0 Å². The molecule has 1 rings (SSSR count). The first-order valence-corrected chi connectivity index (χ1v) is 7.75. The highest BCUT2D eigenvalue weighted by molar-refractivity contribution is 7.89. The Morgan fingerprint density at radius 3 is 2.53 bits per heavy atom. The second-order valence-corrected chi connectivity index (χ2v) is 6.62. The molecule has 0 aromatic carbocycles. The number of rotatable bonds is 5. The highest BCUT2D eigenvalue weighted by atomic mass is 32.2. The number of piperidine rings is 1. The first-order valence-electron chi connectivity index (χ1n) is 6.14. The number of nitrogens with zero attached hydrogens (tertiary/aromatic N) is 1. The zero-order valence-corrected chi connectivity index (χ0v) is 11.2. The monoisotopic (exact) mass is 263 g/mol. The lowest BCUT2D eigenvalue weighted by molar-refractivity contribution is -0.143. The Labute approximate surface area is 103 Å². The Balaban J connectivity index is 2.87. The van der Waals surface area contributed by atoms with E-state index in [1.165, 1.54) is 4.31 Å². The molecule has 2 atom stereocenters. The molecule has 1 heterocycles. The third kappa shape index (κ3) is 3.42. The van der Waals surface area contributed by atoms with Gasteiger partial charge in [0, 0.05) is 6.54 Å². The summed E-state index contributed by atoms with van der Waals surface area (Å²) in [4.78, 5) is 11.2. The maximum absolute atomic E-state index is 12.0. The topological polar surface area (TPSA) is 74.7 Å². The van der Waals surface area contributed by atoms with E-state index in [-0.39, 0.29) is 5.75 Å². The van der Waals surface area contributed by atoms with Crippen molar-refractivity contribution in [3.63, 3.8) is 0 Å². The third-order valence-corrected chi connectivity index (χ3v) is 5.42. The van der Waals surface area contributed by atoms with Gasteiger partial charge in [-0.25, -0.2) is 8.42 Å². The van der Waals surface area contributed by atoms with Crippen molar-refractivity contribution in [1.82, 2.24) is 4.31 Å². The number of carboxylic acids is 1. The van der Waals surface area contributed by atoms with Gasteiger partial charge in [0.2, 0.25) is 10.0 Å². The van der Waals surface area contributed by atoms with E-state index in [0.29, 0.717) is 25.3 Å². The van der Waals surface area contributed by atoms with Gasteiger partial charge in [0.05, 0.1) is 5.75 Å². The van der Waals surface area contributed by atoms with E-state index < -0.39 is 22.0 Å². The second kappa shape index (κ2) is 5.82. The van der Waals surface area contributed by atoms with Crippen LogP contribution in [-0.4, -0.2) is 42.1 Å². The van der Waals surface area contributed by atoms with Crippen molar-refractivity contribution in [3.05, 3.63) is 0 Å². The zero-order valence-electron chi connectivity index (χ0n) is 10.4. The van der Waals surface area contributed by atoms with E-state index in [0.717, 1.165) is 12.8 Å². The Kier molecular flexibility index (Phi) is 4.94. The highest BCUT2D eigenvalue weighted by Gasteiger charge is 2.38. The summed E-state index contributed by atoms with van der Waals surface area (Å²) in [5.41, 5.74) is 0. The molecule has 5 nitrogen and oxygen atoms in total. The average Bonchev–Trinajstić information content (AvgIpc) is 2.28. The molecule has 0 aliphatic carbocycles. The summed E-state index contributed by atoms with van der Waals surface area (Å²) < 4.78 is 25.1. The summed E-state index contributed by atoms with van der Waals surface area (Å²) in [5.74, 6) is -0.667. The first-order chi connectivity index (χ1) is 7.92. The third-order valence-electron chi connectivity index (χ3n) is 3.34. The van der Waals surface area contributed by atoms with Gasteiger partial charge in [-0.05, 0) is 25.2 Å². The maximum Gasteiger partial charge on any atom is 0.322 e. The molecule has 1 aliphatic heterocycles. The lowest BCUT2D eigenvalue weighted by Crippen LogP contribution is -2.50. The number of carboxylic acid groups (broad SMARTS) is 1. The summed E-state index contributed by atoms with van der Waals surface area (Å²) in [6.45, 7) is 4.14. The quantitative estimate of drug-likeness (QED) is 0.811. The molecular weight excluding hydrogens is 242 g/mol. The largest absolute Gasteiger partial charge is 0.480 e. The van der Waals surface area contributed by atoms with E-state index in [1.807, 2.05) is 6.92 Å². The molecule has 100 valence electrons. The van der Waals surface area contributed by atoms with Gasteiger partial charge < -0.3 is 5.11 Å². The Morgan fingerprint density at radius 2 is 2.06 bits per heavy atom. The van der Waals surface area contributed by atoms with Crippen molar-refractivity contribution in [2.45, 2.75) is 45.6 Å². The van der Waals surface area contributed by atoms with Crippen LogP contribution in [0.5, 0.6) is 0 Å². The number of hydrogen-bond acceptors (Lipinski definition) is 3. The van der Waals surface area contributed by atoms with Gasteiger partial charge in [0.15, 0.2) is 0 Å². The van der Waals surface area contributed by atoms with Gasteiger partial charge in [0.25, 0.3) is 0 Å². The van der Waals surface area contributed by atoms with Gasteiger partial charge in [0.1, 0.15) is 6.04 Å². The molecule has 0 aromatic heterocycles. The molecular formula is C11H21NO4S. The highest BCUT2D eigenvalue weighted by Crippen LogP contribution is 2.27. The van der Waals surface area contributed by atoms with Crippen molar-refractivity contribution < 1.29 is 18.3 Å². The molecule has 0 amide bonds. The molecule has 0 saturated carbocycles. The van der Waals surface area contributed by atoms with Crippen LogP contribution >= 0.6 is 0 Å². The van der Waals surface area contributed by atoms with Crippen LogP contribution in [0.3, 0.4) is 0 Å². The molecule has 0 spiro atoms. The predicted octanol–water partition coefficient (Wildman–Crippen LogP) is 1.30. The van der Waals surface area contributed by atoms with Gasteiger partial charge in [-0.2, -0.15) is 4.31 Å². The van der Waals surface area contributed by atoms with Crippen molar-refractivity contribution >= 4 is 16.0 Å². The molecule has 0 bridgehead atoms. The molecule has 1 aliphatic rings. The van der Waals surface area contributed by atoms with E-state index in [9.17, 15) is 13.2 Å². The number of sulfonamides is 1. The SMILES string of the molecule is CCCS(=O)(=O)N1CCC(CC)CC1C(=O)O. The lowest BCUT2D eigenvalue weighted by Gasteiger charge is -2.35. The summed E-state index contributed by atoms with van der Waals surface area (Å²) in [6.07, 6.45) is 2.63. The van der Waals surface area contributed by atoms with E-state index in [4.69, 9.17) is 5.11 Å². The molecule has 2 unspecified atom stereocenters. The molecule has 1 N–H and O–H groups in total. The Morgan fingerprint density at radius 1 is 1.41 bits per heavy atom. The van der Waals surface area contributed by atoms with Gasteiger partial charge in [-0.3, -0.25) is 4.79 Å². The van der Waals surface area contributed by atoms with E-state index in [1.54, 1.807) is 6.92 Å². The minimum absolute atomic E-state index is 0.0353. The van der Waals surface area contributed by atoms with Gasteiger partial charge >= 0.3 is 5.97 Å². The fraction of sp³-hybridized carbons (Fsp3) is 0.909. The summed E-state index contributed by atoms with van der Waals surface area (Å²) in [6, 6.07) is -0.870. The molecule has 0 aromatic rings. The standard InChI is InChI=1S/C11H21NO4S/c1-3-7-17(15,16)12-6-5-9(4-2)8-10(12)11(13)14/h9-10H,3-8H2,1-2H3,(H,13,14). The summed E-state index contributed by atoms with van der Waals surface area (Å²) in [5, 5.41) is 9.15. The molecule has 0 radical (unpaired) electrons. The van der Waals surface area contributed by atoms with Crippen LogP contribution in [0.4, 0.5) is 0 Å². The second-order valence-electron chi connectivity index (χ2n) is 4.58. The van der Waals surface area contributed by atoms with Crippen molar-refractivity contribution in [2.24, 2.45) is 5.92 Å². The summed E-state index contributed by atoms with van der Waals surface area (Å²) in [7, 11) is -3.41. The normalized spacial score (nSPS) is 26.9. The Bertz CT molecular complexity index is 366. The number of aliphatic carboxylic acids is 1. The van der Waals surface area contributed by atoms with Crippen molar-refractivity contribution in [3.8, 4) is 0 Å². The van der Waals surface area contributed by atoms with E-state index in [2.05, 4.69) is 0 Å². The minimum atomic E-state index is -3.41. The fourth-order valence-corrected chi connectivity index (χ4v) is 4.02. The molecule has 17 heavy (non-hydrogen) atoms. The first kappa shape index (κ1) is 14.4. The maximum atomic E-state index is 12.0. The zero-order chi connectivity index (χ0) is 13.1. The fourth-order valence-electron chi connectivity index (χ4n) is 2.32. The van der Waals surface area contributed by atoms with Crippen LogP contribution in [0.25, 0.3) is 0 Å². The molecule has 6 heteroatoms.